The van der Waals surface area contributed by atoms with Gasteiger partial charge in [0.05, 0.1) is 34.2 Å². The fraction of sp³-hybridized carbons (Fsp3) is 0.588. The van der Waals surface area contributed by atoms with E-state index in [0.717, 1.165) is 23.0 Å². The van der Waals surface area contributed by atoms with E-state index >= 15 is 4.39 Å². The van der Waals surface area contributed by atoms with Gasteiger partial charge in [0.1, 0.15) is 22.8 Å². The van der Waals surface area contributed by atoms with Crippen molar-refractivity contribution >= 4 is 74.3 Å². The summed E-state index contributed by atoms with van der Waals surface area (Å²) in [7, 11) is 0. The van der Waals surface area contributed by atoms with Gasteiger partial charge in [-0.25, -0.2) is 19.0 Å². The van der Waals surface area contributed by atoms with Gasteiger partial charge in [-0.1, -0.05) is 6.92 Å². The molecule has 0 N–H and O–H groups in total. The van der Waals surface area contributed by atoms with Crippen LogP contribution in [-0.2, 0) is 15.9 Å². The lowest BCUT2D eigenvalue weighted by atomic mass is 9.99. The number of hydrogen-bond donors (Lipinski definition) is 1. The number of thiol groups is 1. The number of ether oxygens (including phenoxy) is 2. The Morgan fingerprint density at radius 2 is 1.91 bits per heavy atom. The summed E-state index contributed by atoms with van der Waals surface area (Å²) in [5, 5.41) is 11.5. The lowest BCUT2D eigenvalue weighted by Gasteiger charge is -2.33. The number of carbonyl (C=O) groups excluding carboxylic acids is 2. The lowest BCUT2D eigenvalue weighted by Crippen LogP contribution is -2.41. The van der Waals surface area contributed by atoms with Crippen molar-refractivity contribution in [2.24, 2.45) is 5.92 Å². The van der Waals surface area contributed by atoms with E-state index in [1.54, 1.807) is 4.90 Å². The zero-order chi connectivity index (χ0) is 34.4. The van der Waals surface area contributed by atoms with Crippen molar-refractivity contribution < 1.29 is 23.5 Å². The first-order valence-electron chi connectivity index (χ1n) is 16.1. The van der Waals surface area contributed by atoms with Gasteiger partial charge in [0.2, 0.25) is 0 Å². The Morgan fingerprint density at radius 1 is 1.19 bits per heavy atom. The number of amides is 2. The van der Waals surface area contributed by atoms with Crippen molar-refractivity contribution in [3.8, 4) is 6.07 Å². The third-order valence-corrected chi connectivity index (χ3v) is 11.0. The van der Waals surface area contributed by atoms with E-state index in [4.69, 9.17) is 14.5 Å². The second-order valence-corrected chi connectivity index (χ2v) is 15.6. The molecule has 0 radical (unpaired) electrons. The highest BCUT2D eigenvalue weighted by Crippen LogP contribution is 2.48. The molecule has 4 heterocycles. The molecule has 9 nitrogen and oxygen atoms in total. The second-order valence-electron chi connectivity index (χ2n) is 13.6. The predicted octanol–water partition coefficient (Wildman–Crippen LogP) is 8.68. The van der Waals surface area contributed by atoms with Gasteiger partial charge in [0.15, 0.2) is 5.82 Å². The zero-order valence-electron chi connectivity index (χ0n) is 28.0. The van der Waals surface area contributed by atoms with Gasteiger partial charge in [-0.15, -0.1) is 11.8 Å². The monoisotopic (exact) mass is 747 g/mol. The third kappa shape index (κ3) is 6.66. The summed E-state index contributed by atoms with van der Waals surface area (Å²) in [5.41, 5.74) is 1.95. The van der Waals surface area contributed by atoms with Gasteiger partial charge in [0, 0.05) is 41.2 Å². The molecule has 0 aliphatic carbocycles. The molecule has 2 amide bonds. The average Bonchev–Trinajstić information content (AvgIpc) is 3.67. The van der Waals surface area contributed by atoms with E-state index in [1.165, 1.54) is 11.8 Å². The Hall–Kier alpha value is -2.69. The van der Waals surface area contributed by atoms with E-state index in [2.05, 4.69) is 52.2 Å². The first kappa shape index (κ1) is 35.6. The Kier molecular flexibility index (Phi) is 10.6. The van der Waals surface area contributed by atoms with Crippen LogP contribution in [0.15, 0.2) is 21.6 Å². The number of pyridine rings is 1. The molecule has 5 rings (SSSR count). The van der Waals surface area contributed by atoms with Crippen LogP contribution in [0.3, 0.4) is 0 Å². The summed E-state index contributed by atoms with van der Waals surface area (Å²) in [6.45, 7) is 12.4. The molecule has 13 heteroatoms. The molecular weight excluding hydrogens is 705 g/mol. The van der Waals surface area contributed by atoms with Gasteiger partial charge < -0.3 is 18.9 Å². The molecule has 0 unspecified atom stereocenters. The van der Waals surface area contributed by atoms with Crippen LogP contribution in [-0.4, -0.2) is 74.4 Å². The van der Waals surface area contributed by atoms with Crippen molar-refractivity contribution in [1.82, 2.24) is 19.4 Å². The summed E-state index contributed by atoms with van der Waals surface area (Å²) in [6, 6.07) is 5.32. The average molecular weight is 749 g/mol. The number of carbonyl (C=O) groups is 2. The van der Waals surface area contributed by atoms with Crippen LogP contribution in [0, 0.1) is 23.1 Å². The number of thioether (sulfide) groups is 1. The normalized spacial score (nSPS) is 23.1. The minimum absolute atomic E-state index is 0.00502. The summed E-state index contributed by atoms with van der Waals surface area (Å²) in [5.74, 6) is -0.0635. The number of nitriles is 1. The van der Waals surface area contributed by atoms with Crippen LogP contribution < -0.4 is 0 Å². The first-order valence-corrected chi connectivity index (χ1v) is 18.7. The molecule has 2 aromatic heterocycles. The maximum atomic E-state index is 16.2. The maximum Gasteiger partial charge on any atom is 0.410 e. The Morgan fingerprint density at radius 3 is 2.55 bits per heavy atom. The minimum Gasteiger partial charge on any atom is -0.449 e. The Bertz CT molecular complexity index is 1740. The molecule has 2 aliphatic heterocycles. The topological polar surface area (TPSA) is 101 Å². The molecule has 2 saturated heterocycles. The van der Waals surface area contributed by atoms with Gasteiger partial charge in [-0.3, -0.25) is 4.90 Å². The quantitative estimate of drug-likeness (QED) is 0.191. The number of likely N-dealkylation sites (tertiary alicyclic amines) is 2. The molecule has 3 aromatic rings. The number of benzene rings is 1. The highest BCUT2D eigenvalue weighted by atomic mass is 79.9. The largest absolute Gasteiger partial charge is 0.449 e. The predicted molar refractivity (Wildman–Crippen MR) is 190 cm³/mol. The molecule has 47 heavy (non-hydrogen) atoms. The van der Waals surface area contributed by atoms with Crippen LogP contribution in [0.2, 0.25) is 0 Å². The van der Waals surface area contributed by atoms with E-state index in [9.17, 15) is 14.9 Å². The van der Waals surface area contributed by atoms with Crippen LogP contribution in [0.5, 0.6) is 0 Å². The number of aryl methyl sites for hydroxylation is 1. The first-order chi connectivity index (χ1) is 22.2. The number of halogens is 2. The van der Waals surface area contributed by atoms with Crippen molar-refractivity contribution in [3.63, 3.8) is 0 Å². The molecule has 2 fully saturated rings. The highest BCUT2D eigenvalue weighted by Gasteiger charge is 2.46. The molecule has 0 spiro atoms. The van der Waals surface area contributed by atoms with Crippen LogP contribution in [0.4, 0.5) is 14.0 Å². The number of fused-ring (bicyclic) bond motifs is 3. The molecule has 0 bridgehead atoms. The van der Waals surface area contributed by atoms with E-state index < -0.39 is 17.5 Å². The molecule has 2 aliphatic rings. The van der Waals surface area contributed by atoms with Crippen LogP contribution >= 0.6 is 40.3 Å². The zero-order valence-corrected chi connectivity index (χ0v) is 31.3. The highest BCUT2D eigenvalue weighted by molar-refractivity contribution is 9.10. The van der Waals surface area contributed by atoms with Gasteiger partial charge >= 0.3 is 12.2 Å². The summed E-state index contributed by atoms with van der Waals surface area (Å²) >= 11 is 9.11. The van der Waals surface area contributed by atoms with Gasteiger partial charge in [-0.05, 0) is 99.7 Å². The van der Waals surface area contributed by atoms with E-state index in [1.807, 2.05) is 51.8 Å². The van der Waals surface area contributed by atoms with E-state index in [0.29, 0.717) is 45.6 Å². The Labute approximate surface area is 294 Å². The van der Waals surface area contributed by atoms with Crippen molar-refractivity contribution in [2.45, 2.75) is 102 Å². The minimum atomic E-state index is -0.656. The number of hydrogen-bond acceptors (Lipinski definition) is 8. The summed E-state index contributed by atoms with van der Waals surface area (Å²) in [4.78, 5) is 35.4. The standard InChI is InChI=1S/C34H43BrFN5O4S2/c1-18-17-39(32(42)45-34(4,5)6)20(3)29(18)41-25(24-11-10-19(2)40(24)33(43)44-13-14-46)16-23-30(41)22-15-21(9-8-12-37)26(35)27(36)28(22)38-31(23)47-7/h15-16,18-20,24,29,46H,8-11,13-14,17H2,1-7H3/t18-,19-,20-,24-,29+/m1/s1. The van der Waals surface area contributed by atoms with Crippen molar-refractivity contribution in [3.05, 3.63) is 33.7 Å². The Balaban J connectivity index is 1.82. The van der Waals surface area contributed by atoms with Crippen molar-refractivity contribution in [1.29, 1.82) is 5.26 Å². The summed E-state index contributed by atoms with van der Waals surface area (Å²) < 4.78 is 30.2. The molecule has 254 valence electrons. The summed E-state index contributed by atoms with van der Waals surface area (Å²) in [6.07, 6.45) is 3.26. The number of nitrogens with zero attached hydrogens (tertiary/aromatic N) is 5. The molecule has 1 aromatic carbocycles. The van der Waals surface area contributed by atoms with Crippen LogP contribution in [0.1, 0.15) is 84.1 Å². The molecule has 0 saturated carbocycles. The second kappa shape index (κ2) is 14.0. The fourth-order valence-electron chi connectivity index (χ4n) is 7.27. The third-order valence-electron chi connectivity index (χ3n) is 9.24. The smallest absolute Gasteiger partial charge is 0.410 e. The van der Waals surface area contributed by atoms with E-state index in [-0.39, 0.29) is 54.7 Å². The van der Waals surface area contributed by atoms with Crippen LogP contribution in [0.25, 0.3) is 21.8 Å². The maximum absolute atomic E-state index is 16.2. The molecule has 5 atom stereocenters. The SMILES string of the molecule is CSc1nc2c(F)c(Br)c(CCC#N)cc2c2c1cc([C@H]1CC[C@@H](C)N1C(=O)OCCS)n2[C@H]1[C@H](C)CN(C(=O)OC(C)(C)C)[C@@H]1C. The van der Waals surface area contributed by atoms with Gasteiger partial charge in [-0.2, -0.15) is 17.9 Å². The lowest BCUT2D eigenvalue weighted by molar-refractivity contribution is 0.0223. The fourth-order valence-corrected chi connectivity index (χ4v) is 8.42. The number of rotatable bonds is 7. The van der Waals surface area contributed by atoms with Gasteiger partial charge in [0.25, 0.3) is 0 Å². The van der Waals surface area contributed by atoms with Crippen molar-refractivity contribution in [2.75, 3.05) is 25.2 Å². The number of aromatic nitrogens is 2. The molecular formula is C34H43BrFN5O4S2.